The van der Waals surface area contributed by atoms with E-state index in [1.54, 1.807) is 0 Å². The molecule has 0 amide bonds. The van der Waals surface area contributed by atoms with Gasteiger partial charge in [-0.3, -0.25) is 0 Å². The first-order valence-electron chi connectivity index (χ1n) is 15.0. The largest absolute Gasteiger partial charge is 0.456 e. The van der Waals surface area contributed by atoms with Crippen LogP contribution >= 0.6 is 0 Å². The molecule has 0 aliphatic heterocycles. The third kappa shape index (κ3) is 4.35. The summed E-state index contributed by atoms with van der Waals surface area (Å²) in [6.45, 7) is 0. The van der Waals surface area contributed by atoms with E-state index in [2.05, 4.69) is 78.9 Å². The molecule has 0 spiro atoms. The lowest BCUT2D eigenvalue weighted by atomic mass is 9.93. The van der Waals surface area contributed by atoms with Crippen molar-refractivity contribution in [2.75, 3.05) is 0 Å². The summed E-state index contributed by atoms with van der Waals surface area (Å²) >= 11 is 0. The molecule has 4 heteroatoms. The van der Waals surface area contributed by atoms with Crippen molar-refractivity contribution in [3.63, 3.8) is 0 Å². The van der Waals surface area contributed by atoms with Crippen LogP contribution in [-0.4, -0.2) is 15.0 Å². The van der Waals surface area contributed by atoms with Crippen LogP contribution in [0.1, 0.15) is 0 Å². The number of fused-ring (bicyclic) bond motifs is 5. The van der Waals surface area contributed by atoms with E-state index in [1.807, 2.05) is 72.8 Å². The summed E-state index contributed by atoms with van der Waals surface area (Å²) in [5.41, 5.74) is 7.02. The van der Waals surface area contributed by atoms with E-state index < -0.39 is 0 Å². The molecule has 45 heavy (non-hydrogen) atoms. The maximum absolute atomic E-state index is 6.15. The molecule has 7 aromatic carbocycles. The van der Waals surface area contributed by atoms with Crippen molar-refractivity contribution >= 4 is 43.5 Å². The Hall–Kier alpha value is -6.13. The van der Waals surface area contributed by atoms with E-state index >= 15 is 0 Å². The Morgan fingerprint density at radius 1 is 0.333 bits per heavy atom. The molecule has 0 saturated heterocycles. The molecule has 9 aromatic rings. The maximum atomic E-state index is 6.15. The number of nitrogens with zero attached hydrogens (tertiary/aromatic N) is 3. The van der Waals surface area contributed by atoms with E-state index in [9.17, 15) is 0 Å². The Kier molecular flexibility index (Phi) is 5.78. The van der Waals surface area contributed by atoms with Gasteiger partial charge in [0.15, 0.2) is 17.5 Å². The second kappa shape index (κ2) is 10.2. The van der Waals surface area contributed by atoms with Crippen molar-refractivity contribution in [1.29, 1.82) is 0 Å². The fourth-order valence-electron chi connectivity index (χ4n) is 6.32. The lowest BCUT2D eigenvalue weighted by Gasteiger charge is -2.13. The van der Waals surface area contributed by atoms with Crippen LogP contribution in [0.15, 0.2) is 156 Å². The normalized spacial score (nSPS) is 11.6. The number of furan rings is 1. The van der Waals surface area contributed by atoms with Crippen LogP contribution in [0.5, 0.6) is 0 Å². The zero-order chi connectivity index (χ0) is 29.7. The average molecular weight is 576 g/mol. The first kappa shape index (κ1) is 25.4. The van der Waals surface area contributed by atoms with Crippen LogP contribution < -0.4 is 0 Å². The minimum absolute atomic E-state index is 0.651. The van der Waals surface area contributed by atoms with Crippen LogP contribution in [0.2, 0.25) is 0 Å². The van der Waals surface area contributed by atoms with E-state index in [0.29, 0.717) is 17.5 Å². The molecule has 0 unspecified atom stereocenters. The van der Waals surface area contributed by atoms with Gasteiger partial charge < -0.3 is 4.42 Å². The number of aromatic nitrogens is 3. The topological polar surface area (TPSA) is 51.8 Å². The molecule has 0 fully saturated rings. The molecule has 0 bridgehead atoms. The highest BCUT2D eigenvalue weighted by atomic mass is 16.3. The zero-order valence-electron chi connectivity index (χ0n) is 24.2. The predicted molar refractivity (Wildman–Crippen MR) is 184 cm³/mol. The lowest BCUT2D eigenvalue weighted by Crippen LogP contribution is -2.00. The first-order chi connectivity index (χ1) is 22.3. The second-order valence-corrected chi connectivity index (χ2v) is 11.3. The maximum Gasteiger partial charge on any atom is 0.164 e. The molecule has 0 aliphatic carbocycles. The smallest absolute Gasteiger partial charge is 0.164 e. The van der Waals surface area contributed by atoms with E-state index in [1.165, 1.54) is 5.39 Å². The van der Waals surface area contributed by atoms with Gasteiger partial charge in [0.25, 0.3) is 0 Å². The number of benzene rings is 7. The van der Waals surface area contributed by atoms with Crippen LogP contribution in [-0.2, 0) is 0 Å². The van der Waals surface area contributed by atoms with Gasteiger partial charge in [0.1, 0.15) is 11.2 Å². The summed E-state index contributed by atoms with van der Waals surface area (Å²) in [6.07, 6.45) is 0. The third-order valence-corrected chi connectivity index (χ3v) is 8.51. The Labute approximate surface area is 259 Å². The molecule has 0 N–H and O–H groups in total. The Morgan fingerprint density at radius 2 is 0.933 bits per heavy atom. The van der Waals surface area contributed by atoms with Crippen LogP contribution in [0.25, 0.3) is 88.8 Å². The van der Waals surface area contributed by atoms with Crippen molar-refractivity contribution in [2.24, 2.45) is 0 Å². The Morgan fingerprint density at radius 3 is 1.67 bits per heavy atom. The third-order valence-electron chi connectivity index (χ3n) is 8.51. The molecule has 210 valence electrons. The van der Waals surface area contributed by atoms with Crippen molar-refractivity contribution in [1.82, 2.24) is 15.0 Å². The molecule has 2 heterocycles. The van der Waals surface area contributed by atoms with Gasteiger partial charge in [0.2, 0.25) is 0 Å². The highest BCUT2D eigenvalue weighted by molar-refractivity contribution is 6.11. The van der Waals surface area contributed by atoms with E-state index in [4.69, 9.17) is 19.4 Å². The summed E-state index contributed by atoms with van der Waals surface area (Å²) in [5.74, 6) is 1.96. The van der Waals surface area contributed by atoms with Gasteiger partial charge in [-0.2, -0.15) is 0 Å². The molecule has 0 saturated carbocycles. The fourth-order valence-corrected chi connectivity index (χ4v) is 6.32. The minimum Gasteiger partial charge on any atom is -0.456 e. The molecular formula is C41H25N3O. The molecule has 0 atom stereocenters. The second-order valence-electron chi connectivity index (χ2n) is 11.3. The summed E-state index contributed by atoms with van der Waals surface area (Å²) in [4.78, 5) is 14.9. The molecule has 9 rings (SSSR count). The summed E-state index contributed by atoms with van der Waals surface area (Å²) in [7, 11) is 0. The Bertz CT molecular complexity index is 2480. The van der Waals surface area contributed by atoms with Crippen molar-refractivity contribution in [2.45, 2.75) is 0 Å². The van der Waals surface area contributed by atoms with Crippen molar-refractivity contribution < 1.29 is 4.42 Å². The number of hydrogen-bond donors (Lipinski definition) is 0. The van der Waals surface area contributed by atoms with Crippen molar-refractivity contribution in [3.8, 4) is 45.3 Å². The summed E-state index contributed by atoms with van der Waals surface area (Å²) in [6, 6.07) is 52.3. The van der Waals surface area contributed by atoms with Gasteiger partial charge in [0, 0.05) is 27.5 Å². The minimum atomic E-state index is 0.651. The van der Waals surface area contributed by atoms with Crippen LogP contribution in [0.4, 0.5) is 0 Å². The van der Waals surface area contributed by atoms with Gasteiger partial charge in [-0.1, -0.05) is 127 Å². The quantitative estimate of drug-likeness (QED) is 0.209. The van der Waals surface area contributed by atoms with Crippen LogP contribution in [0.3, 0.4) is 0 Å². The van der Waals surface area contributed by atoms with Gasteiger partial charge in [-0.25, -0.2) is 15.0 Å². The van der Waals surface area contributed by atoms with Gasteiger partial charge in [-0.15, -0.1) is 0 Å². The number of rotatable bonds is 4. The monoisotopic (exact) mass is 575 g/mol. The predicted octanol–water partition coefficient (Wildman–Crippen LogP) is 10.7. The number of hydrogen-bond acceptors (Lipinski definition) is 4. The standard InChI is InChI=1S/C41H25N3O/c1-3-11-26(12-4-1)39-42-40(27-13-5-2-6-14-27)44-41(43-39)35-19-10-17-32-31(16-9-18-33(32)35)29-22-21-28-25-38-36(24-30(28)23-29)34-15-7-8-20-37(34)45-38/h1-25H. The van der Waals surface area contributed by atoms with Crippen molar-refractivity contribution in [3.05, 3.63) is 152 Å². The fraction of sp³-hybridized carbons (Fsp3) is 0. The van der Waals surface area contributed by atoms with Gasteiger partial charge >= 0.3 is 0 Å². The molecule has 4 nitrogen and oxygen atoms in total. The van der Waals surface area contributed by atoms with Crippen LogP contribution in [0, 0.1) is 0 Å². The van der Waals surface area contributed by atoms with Gasteiger partial charge in [0.05, 0.1) is 0 Å². The molecular weight excluding hydrogens is 550 g/mol. The first-order valence-corrected chi connectivity index (χ1v) is 15.0. The zero-order valence-corrected chi connectivity index (χ0v) is 24.2. The molecule has 0 radical (unpaired) electrons. The average Bonchev–Trinajstić information content (AvgIpc) is 3.47. The molecule has 0 aliphatic rings. The van der Waals surface area contributed by atoms with E-state index in [-0.39, 0.29) is 0 Å². The summed E-state index contributed by atoms with van der Waals surface area (Å²) in [5, 5.41) is 6.84. The van der Waals surface area contributed by atoms with Gasteiger partial charge in [-0.05, 0) is 56.9 Å². The number of para-hydroxylation sites is 1. The highest BCUT2D eigenvalue weighted by Gasteiger charge is 2.16. The Balaban J connectivity index is 1.22. The summed E-state index contributed by atoms with van der Waals surface area (Å²) < 4.78 is 6.15. The highest BCUT2D eigenvalue weighted by Crippen LogP contribution is 2.38. The molecule has 2 aromatic heterocycles. The SMILES string of the molecule is c1ccc(-c2nc(-c3ccccc3)nc(-c3cccc4c(-c5ccc6cc7oc8ccccc8c7cc6c5)cccc34)n2)cc1. The van der Waals surface area contributed by atoms with E-state index in [0.717, 1.165) is 65.9 Å². The lowest BCUT2D eigenvalue weighted by molar-refractivity contribution is 0.669.